The summed E-state index contributed by atoms with van der Waals surface area (Å²) in [5, 5.41) is -0.617. The van der Waals surface area contributed by atoms with Crippen molar-refractivity contribution in [2.45, 2.75) is 13.8 Å². The van der Waals surface area contributed by atoms with Crippen LogP contribution in [-0.4, -0.2) is 30.1 Å². The number of nitrogens with two attached hydrogens (primary N) is 1. The van der Waals surface area contributed by atoms with E-state index in [-0.39, 0.29) is 13.2 Å². The van der Waals surface area contributed by atoms with Gasteiger partial charge in [0.05, 0.1) is 18.9 Å². The van der Waals surface area contributed by atoms with Gasteiger partial charge in [-0.1, -0.05) is 11.6 Å². The fourth-order valence-electron chi connectivity index (χ4n) is 1.31. The van der Waals surface area contributed by atoms with Gasteiger partial charge in [-0.3, -0.25) is 0 Å². The Morgan fingerprint density at radius 2 is 1.79 bits per heavy atom. The van der Waals surface area contributed by atoms with Crippen LogP contribution in [-0.2, 0) is 9.47 Å². The molecule has 1 aromatic heterocycles. The van der Waals surface area contributed by atoms with Crippen LogP contribution in [0.1, 0.15) is 34.7 Å². The first-order valence-electron chi connectivity index (χ1n) is 5.42. The highest BCUT2D eigenvalue weighted by Gasteiger charge is 2.28. The number of hydrogen-bond acceptors (Lipinski definition) is 6. The van der Waals surface area contributed by atoms with Gasteiger partial charge in [-0.25, -0.2) is 19.0 Å². The molecule has 6 nitrogen and oxygen atoms in total. The second kappa shape index (κ2) is 6.33. The minimum atomic E-state index is -1.09. The minimum Gasteiger partial charge on any atom is -0.462 e. The molecule has 19 heavy (non-hydrogen) atoms. The van der Waals surface area contributed by atoms with Crippen molar-refractivity contribution in [2.24, 2.45) is 0 Å². The van der Waals surface area contributed by atoms with Gasteiger partial charge in [0.15, 0.2) is 16.7 Å². The molecule has 0 saturated heterocycles. The standard InChI is InChI=1S/C11H12ClFN2O4/c1-3-18-10(16)5-7(14)6(13)9(12)15-8(5)11(17)19-4-2/h3-4H2,1-2H3,(H2,14,15). The first-order chi connectivity index (χ1) is 8.93. The molecule has 0 bridgehead atoms. The van der Waals surface area contributed by atoms with Crippen LogP contribution in [0.3, 0.4) is 0 Å². The molecule has 0 saturated carbocycles. The van der Waals surface area contributed by atoms with Crippen LogP contribution in [0.25, 0.3) is 0 Å². The van der Waals surface area contributed by atoms with E-state index in [2.05, 4.69) is 4.98 Å². The number of nitrogens with zero attached hydrogens (tertiary/aromatic N) is 1. The summed E-state index contributed by atoms with van der Waals surface area (Å²) in [6, 6.07) is 0. The smallest absolute Gasteiger partial charge is 0.357 e. The van der Waals surface area contributed by atoms with Crippen molar-refractivity contribution in [1.29, 1.82) is 0 Å². The Kier molecular flexibility index (Phi) is 5.05. The molecular weight excluding hydrogens is 279 g/mol. The summed E-state index contributed by atoms with van der Waals surface area (Å²) in [4.78, 5) is 26.9. The predicted octanol–water partition coefficient (Wildman–Crippen LogP) is 1.81. The van der Waals surface area contributed by atoms with E-state index in [0.717, 1.165) is 0 Å². The Balaban J connectivity index is 3.43. The third-order valence-corrected chi connectivity index (χ3v) is 2.33. The molecule has 0 radical (unpaired) electrons. The van der Waals surface area contributed by atoms with Gasteiger partial charge in [-0.15, -0.1) is 0 Å². The molecule has 0 fully saturated rings. The van der Waals surface area contributed by atoms with Gasteiger partial charge in [0.1, 0.15) is 5.56 Å². The van der Waals surface area contributed by atoms with E-state index < -0.39 is 39.9 Å². The summed E-state index contributed by atoms with van der Waals surface area (Å²) in [5.74, 6) is -2.98. The van der Waals surface area contributed by atoms with Crippen molar-refractivity contribution in [3.63, 3.8) is 0 Å². The van der Waals surface area contributed by atoms with E-state index in [1.165, 1.54) is 0 Å². The van der Waals surface area contributed by atoms with E-state index in [0.29, 0.717) is 0 Å². The van der Waals surface area contributed by atoms with Crippen LogP contribution in [0.2, 0.25) is 5.15 Å². The Morgan fingerprint density at radius 3 is 2.32 bits per heavy atom. The van der Waals surface area contributed by atoms with E-state index >= 15 is 0 Å². The number of pyridine rings is 1. The fraction of sp³-hybridized carbons (Fsp3) is 0.364. The zero-order chi connectivity index (χ0) is 14.6. The summed E-state index contributed by atoms with van der Waals surface area (Å²) < 4.78 is 22.9. The zero-order valence-electron chi connectivity index (χ0n) is 10.3. The Bertz CT molecular complexity index is 522. The predicted molar refractivity (Wildman–Crippen MR) is 65.5 cm³/mol. The second-order valence-corrected chi connectivity index (χ2v) is 3.65. The molecule has 0 aromatic carbocycles. The lowest BCUT2D eigenvalue weighted by molar-refractivity contribution is 0.0473. The number of carbonyl (C=O) groups excluding carboxylic acids is 2. The summed E-state index contributed by atoms with van der Waals surface area (Å²) in [6.45, 7) is 3.21. The largest absolute Gasteiger partial charge is 0.462 e. The number of ether oxygens (including phenoxy) is 2. The lowest BCUT2D eigenvalue weighted by Crippen LogP contribution is -2.19. The molecule has 0 amide bonds. The molecular formula is C11H12ClFN2O4. The first kappa shape index (κ1) is 15.2. The molecule has 0 unspecified atom stereocenters. The van der Waals surface area contributed by atoms with Crippen LogP contribution in [0, 0.1) is 5.82 Å². The molecule has 0 atom stereocenters. The van der Waals surface area contributed by atoms with Crippen molar-refractivity contribution in [3.05, 3.63) is 22.2 Å². The van der Waals surface area contributed by atoms with E-state index in [9.17, 15) is 14.0 Å². The Hall–Kier alpha value is -1.89. The fourth-order valence-corrected chi connectivity index (χ4v) is 1.49. The molecule has 104 valence electrons. The normalized spacial score (nSPS) is 10.1. The zero-order valence-corrected chi connectivity index (χ0v) is 11.1. The maximum Gasteiger partial charge on any atom is 0.357 e. The van der Waals surface area contributed by atoms with Gasteiger partial charge >= 0.3 is 11.9 Å². The maximum atomic E-state index is 13.5. The number of anilines is 1. The van der Waals surface area contributed by atoms with Crippen molar-refractivity contribution in [3.8, 4) is 0 Å². The molecule has 1 rings (SSSR count). The average molecular weight is 291 g/mol. The number of hydrogen-bond donors (Lipinski definition) is 1. The van der Waals surface area contributed by atoms with E-state index in [4.69, 9.17) is 26.8 Å². The quantitative estimate of drug-likeness (QED) is 0.671. The highest BCUT2D eigenvalue weighted by molar-refractivity contribution is 6.30. The van der Waals surface area contributed by atoms with Crippen molar-refractivity contribution < 1.29 is 23.5 Å². The third-order valence-electron chi connectivity index (χ3n) is 2.08. The SMILES string of the molecule is CCOC(=O)c1nc(Cl)c(F)c(N)c1C(=O)OCC. The minimum absolute atomic E-state index is 0.0325. The number of aromatic nitrogens is 1. The van der Waals surface area contributed by atoms with Gasteiger partial charge in [0, 0.05) is 0 Å². The molecule has 1 aromatic rings. The van der Waals surface area contributed by atoms with Crippen LogP contribution < -0.4 is 5.73 Å². The summed E-state index contributed by atoms with van der Waals surface area (Å²) >= 11 is 5.49. The van der Waals surface area contributed by atoms with Gasteiger partial charge in [-0.2, -0.15) is 0 Å². The van der Waals surface area contributed by atoms with Crippen LogP contribution in [0.15, 0.2) is 0 Å². The van der Waals surface area contributed by atoms with Gasteiger partial charge in [-0.05, 0) is 13.8 Å². The first-order valence-corrected chi connectivity index (χ1v) is 5.80. The van der Waals surface area contributed by atoms with Gasteiger partial charge < -0.3 is 15.2 Å². The average Bonchev–Trinajstić information content (AvgIpc) is 2.35. The lowest BCUT2D eigenvalue weighted by atomic mass is 10.1. The topological polar surface area (TPSA) is 91.5 Å². The highest BCUT2D eigenvalue weighted by Crippen LogP contribution is 2.26. The number of rotatable bonds is 4. The van der Waals surface area contributed by atoms with Gasteiger partial charge in [0.25, 0.3) is 0 Å². The van der Waals surface area contributed by atoms with Crippen LogP contribution >= 0.6 is 11.6 Å². The molecule has 0 spiro atoms. The number of nitrogen functional groups attached to an aromatic ring is 1. The third kappa shape index (κ3) is 3.11. The number of esters is 2. The van der Waals surface area contributed by atoms with Crippen LogP contribution in [0.5, 0.6) is 0 Å². The molecule has 1 heterocycles. The second-order valence-electron chi connectivity index (χ2n) is 3.29. The highest BCUT2D eigenvalue weighted by atomic mass is 35.5. The number of carbonyl (C=O) groups is 2. The van der Waals surface area contributed by atoms with E-state index in [1.807, 2.05) is 0 Å². The number of halogens is 2. The molecule has 8 heteroatoms. The summed E-state index contributed by atoms with van der Waals surface area (Å²) in [7, 11) is 0. The van der Waals surface area contributed by atoms with Crippen LogP contribution in [0.4, 0.5) is 10.1 Å². The molecule has 0 aliphatic heterocycles. The van der Waals surface area contributed by atoms with Crippen molar-refractivity contribution in [1.82, 2.24) is 4.98 Å². The van der Waals surface area contributed by atoms with Gasteiger partial charge in [0.2, 0.25) is 0 Å². The van der Waals surface area contributed by atoms with Crippen molar-refractivity contribution in [2.75, 3.05) is 18.9 Å². The van der Waals surface area contributed by atoms with Crippen molar-refractivity contribution >= 4 is 29.2 Å². The molecule has 0 aliphatic carbocycles. The Labute approximate surface area is 113 Å². The summed E-state index contributed by atoms with van der Waals surface area (Å²) in [5.41, 5.74) is 3.89. The monoisotopic (exact) mass is 290 g/mol. The molecule has 0 aliphatic rings. The summed E-state index contributed by atoms with van der Waals surface area (Å²) in [6.07, 6.45) is 0. The Morgan fingerprint density at radius 1 is 1.26 bits per heavy atom. The van der Waals surface area contributed by atoms with E-state index in [1.54, 1.807) is 13.8 Å². The molecule has 2 N–H and O–H groups in total. The maximum absolute atomic E-state index is 13.5. The lowest BCUT2D eigenvalue weighted by Gasteiger charge is -2.11.